The summed E-state index contributed by atoms with van der Waals surface area (Å²) in [4.78, 5) is 2.38. The Morgan fingerprint density at radius 1 is 1.25 bits per heavy atom. The zero-order valence-electron chi connectivity index (χ0n) is 10.1. The number of thiol groups is 1. The number of aryl methyl sites for hydroxylation is 2. The van der Waals surface area contributed by atoms with Gasteiger partial charge in [0.2, 0.25) is 0 Å². The summed E-state index contributed by atoms with van der Waals surface area (Å²) < 4.78 is 0. The largest absolute Gasteiger partial charge is 0.302 e. The highest BCUT2D eigenvalue weighted by Gasteiger charge is 2.11. The Bertz CT molecular complexity index is 349. The Morgan fingerprint density at radius 3 is 2.88 bits per heavy atom. The molecule has 1 aliphatic carbocycles. The third-order valence-corrected chi connectivity index (χ3v) is 3.63. The maximum Gasteiger partial charge on any atom is 0.0230 e. The highest BCUT2D eigenvalue weighted by atomic mass is 32.1. The van der Waals surface area contributed by atoms with Gasteiger partial charge < -0.3 is 4.90 Å². The van der Waals surface area contributed by atoms with Crippen LogP contribution in [0.4, 0.5) is 0 Å². The number of nitrogens with zero attached hydrogens (tertiary/aromatic N) is 1. The molecule has 0 saturated carbocycles. The quantitative estimate of drug-likeness (QED) is 0.768. The van der Waals surface area contributed by atoms with Crippen molar-refractivity contribution >= 4 is 12.6 Å². The van der Waals surface area contributed by atoms with Crippen LogP contribution in [0.1, 0.15) is 29.5 Å². The van der Waals surface area contributed by atoms with Crippen LogP contribution in [-0.4, -0.2) is 24.2 Å². The molecule has 0 heterocycles. The topological polar surface area (TPSA) is 3.24 Å². The zero-order valence-corrected chi connectivity index (χ0v) is 11.0. The predicted molar refractivity (Wildman–Crippen MR) is 73.3 cm³/mol. The molecule has 1 aromatic carbocycles. The molecule has 0 saturated heterocycles. The van der Waals surface area contributed by atoms with Gasteiger partial charge in [-0.1, -0.05) is 18.2 Å². The molecular weight excluding hydrogens is 214 g/mol. The van der Waals surface area contributed by atoms with E-state index in [1.54, 1.807) is 11.1 Å². The molecule has 1 aliphatic rings. The molecule has 1 nitrogen and oxygen atoms in total. The van der Waals surface area contributed by atoms with Crippen molar-refractivity contribution in [2.75, 3.05) is 19.3 Å². The molecule has 0 radical (unpaired) electrons. The standard InChI is InChI=1S/C14H21NS/c1-15(8-3-9-16)11-12-6-7-13-4-2-5-14(13)10-12/h6-7,10,16H,2-5,8-9,11H2,1H3. The molecule has 0 aliphatic heterocycles. The summed E-state index contributed by atoms with van der Waals surface area (Å²) in [7, 11) is 2.19. The minimum absolute atomic E-state index is 0.981. The molecule has 0 unspecified atom stereocenters. The van der Waals surface area contributed by atoms with Crippen molar-refractivity contribution in [1.82, 2.24) is 4.90 Å². The van der Waals surface area contributed by atoms with Crippen LogP contribution in [0.2, 0.25) is 0 Å². The highest BCUT2D eigenvalue weighted by molar-refractivity contribution is 7.80. The van der Waals surface area contributed by atoms with E-state index < -0.39 is 0 Å². The van der Waals surface area contributed by atoms with E-state index in [1.165, 1.54) is 31.2 Å². The highest BCUT2D eigenvalue weighted by Crippen LogP contribution is 2.23. The first-order valence-electron chi connectivity index (χ1n) is 6.19. The molecule has 0 aromatic heterocycles. The van der Waals surface area contributed by atoms with Crippen LogP contribution in [0, 0.1) is 0 Å². The second-order valence-electron chi connectivity index (χ2n) is 4.77. The predicted octanol–water partition coefficient (Wildman–Crippen LogP) is 2.93. The number of hydrogen-bond donors (Lipinski definition) is 1. The van der Waals surface area contributed by atoms with Gasteiger partial charge in [0.25, 0.3) is 0 Å². The Hall–Kier alpha value is -0.470. The molecule has 0 bridgehead atoms. The van der Waals surface area contributed by atoms with Crippen LogP contribution in [0.3, 0.4) is 0 Å². The van der Waals surface area contributed by atoms with E-state index in [9.17, 15) is 0 Å². The average Bonchev–Trinajstić information content (AvgIpc) is 2.73. The SMILES string of the molecule is CN(CCCS)Cc1ccc2c(c1)CCC2. The number of fused-ring (bicyclic) bond motifs is 1. The summed E-state index contributed by atoms with van der Waals surface area (Å²) in [5.41, 5.74) is 4.61. The molecule has 88 valence electrons. The molecule has 16 heavy (non-hydrogen) atoms. The van der Waals surface area contributed by atoms with Crippen LogP contribution < -0.4 is 0 Å². The lowest BCUT2D eigenvalue weighted by Crippen LogP contribution is -2.19. The van der Waals surface area contributed by atoms with Crippen molar-refractivity contribution in [2.45, 2.75) is 32.2 Å². The van der Waals surface area contributed by atoms with Crippen molar-refractivity contribution in [3.8, 4) is 0 Å². The molecule has 0 N–H and O–H groups in total. The molecule has 0 spiro atoms. The fourth-order valence-corrected chi connectivity index (χ4v) is 2.60. The molecule has 0 atom stereocenters. The summed E-state index contributed by atoms with van der Waals surface area (Å²) in [6.45, 7) is 2.21. The van der Waals surface area contributed by atoms with E-state index in [2.05, 4.69) is 42.8 Å². The fourth-order valence-electron chi connectivity index (χ4n) is 2.45. The van der Waals surface area contributed by atoms with Crippen LogP contribution in [0.15, 0.2) is 18.2 Å². The lowest BCUT2D eigenvalue weighted by atomic mass is 10.1. The summed E-state index contributed by atoms with van der Waals surface area (Å²) >= 11 is 4.25. The molecule has 2 rings (SSSR count). The van der Waals surface area contributed by atoms with Crippen molar-refractivity contribution in [2.24, 2.45) is 0 Å². The molecule has 2 heteroatoms. The second kappa shape index (κ2) is 5.74. The van der Waals surface area contributed by atoms with Crippen LogP contribution in [-0.2, 0) is 19.4 Å². The maximum absolute atomic E-state index is 4.25. The molecule has 0 amide bonds. The Balaban J connectivity index is 1.94. The second-order valence-corrected chi connectivity index (χ2v) is 5.22. The van der Waals surface area contributed by atoms with Gasteiger partial charge in [-0.3, -0.25) is 0 Å². The molecule has 0 fully saturated rings. The number of benzene rings is 1. The van der Waals surface area contributed by atoms with Crippen molar-refractivity contribution in [3.63, 3.8) is 0 Å². The van der Waals surface area contributed by atoms with Crippen molar-refractivity contribution in [1.29, 1.82) is 0 Å². The van der Waals surface area contributed by atoms with Gasteiger partial charge in [-0.2, -0.15) is 12.6 Å². The Labute approximate surface area is 104 Å². The number of rotatable bonds is 5. The molecule has 1 aromatic rings. The van der Waals surface area contributed by atoms with Crippen LogP contribution in [0.5, 0.6) is 0 Å². The Morgan fingerprint density at radius 2 is 2.06 bits per heavy atom. The number of hydrogen-bond acceptors (Lipinski definition) is 2. The summed E-state index contributed by atoms with van der Waals surface area (Å²) in [6.07, 6.45) is 5.08. The summed E-state index contributed by atoms with van der Waals surface area (Å²) in [6, 6.07) is 7.02. The van der Waals surface area contributed by atoms with Gasteiger partial charge in [0, 0.05) is 6.54 Å². The van der Waals surface area contributed by atoms with Crippen LogP contribution in [0.25, 0.3) is 0 Å². The van der Waals surface area contributed by atoms with Gasteiger partial charge in [-0.25, -0.2) is 0 Å². The van der Waals surface area contributed by atoms with E-state index in [4.69, 9.17) is 0 Å². The van der Waals surface area contributed by atoms with E-state index in [0.29, 0.717) is 0 Å². The monoisotopic (exact) mass is 235 g/mol. The summed E-state index contributed by atoms with van der Waals surface area (Å²) in [5, 5.41) is 0. The average molecular weight is 235 g/mol. The third-order valence-electron chi connectivity index (χ3n) is 3.31. The Kier molecular flexibility index (Phi) is 4.30. The van der Waals surface area contributed by atoms with Gasteiger partial charge in [-0.05, 0) is 61.7 Å². The smallest absolute Gasteiger partial charge is 0.0230 e. The summed E-state index contributed by atoms with van der Waals surface area (Å²) in [5.74, 6) is 0.981. The van der Waals surface area contributed by atoms with Crippen LogP contribution >= 0.6 is 12.6 Å². The fraction of sp³-hybridized carbons (Fsp3) is 0.571. The van der Waals surface area contributed by atoms with E-state index >= 15 is 0 Å². The lowest BCUT2D eigenvalue weighted by Gasteiger charge is -2.16. The normalized spacial score (nSPS) is 14.4. The first kappa shape index (κ1) is 12.0. The first-order chi connectivity index (χ1) is 7.79. The van der Waals surface area contributed by atoms with E-state index in [-0.39, 0.29) is 0 Å². The van der Waals surface area contributed by atoms with E-state index in [1.807, 2.05) is 0 Å². The third kappa shape index (κ3) is 3.02. The van der Waals surface area contributed by atoms with Crippen molar-refractivity contribution < 1.29 is 0 Å². The minimum Gasteiger partial charge on any atom is -0.302 e. The lowest BCUT2D eigenvalue weighted by molar-refractivity contribution is 0.328. The first-order valence-corrected chi connectivity index (χ1v) is 6.83. The van der Waals surface area contributed by atoms with Crippen molar-refractivity contribution in [3.05, 3.63) is 34.9 Å². The zero-order chi connectivity index (χ0) is 11.4. The van der Waals surface area contributed by atoms with Gasteiger partial charge >= 0.3 is 0 Å². The van der Waals surface area contributed by atoms with Gasteiger partial charge in [0.15, 0.2) is 0 Å². The van der Waals surface area contributed by atoms with Gasteiger partial charge in [0.05, 0.1) is 0 Å². The van der Waals surface area contributed by atoms with Gasteiger partial charge in [-0.15, -0.1) is 0 Å². The van der Waals surface area contributed by atoms with E-state index in [0.717, 1.165) is 18.8 Å². The maximum atomic E-state index is 4.25. The minimum atomic E-state index is 0.981. The van der Waals surface area contributed by atoms with Gasteiger partial charge in [0.1, 0.15) is 0 Å². The molecular formula is C14H21NS.